The molecule has 0 aliphatic carbocycles. The van der Waals surface area contributed by atoms with Gasteiger partial charge in [-0.2, -0.15) is 0 Å². The van der Waals surface area contributed by atoms with E-state index in [0.717, 1.165) is 16.0 Å². The maximum atomic E-state index is 5.46. The molecule has 0 radical (unpaired) electrons. The van der Waals surface area contributed by atoms with E-state index in [1.807, 2.05) is 0 Å². The summed E-state index contributed by atoms with van der Waals surface area (Å²) in [4.78, 5) is 0. The summed E-state index contributed by atoms with van der Waals surface area (Å²) in [5.41, 5.74) is 5.46. The van der Waals surface area contributed by atoms with Crippen LogP contribution in [0.15, 0.2) is 4.34 Å². The minimum Gasteiger partial charge on any atom is -0.374 e. The van der Waals surface area contributed by atoms with E-state index in [-0.39, 0.29) is 0 Å². The summed E-state index contributed by atoms with van der Waals surface area (Å²) in [7, 11) is 0. The Morgan fingerprint density at radius 3 is 2.77 bits per heavy atom. The molecule has 0 bridgehead atoms. The SMILES string of the molecule is CC(C)CCCSc1nnc(N)s1. The molecule has 74 valence electrons. The zero-order valence-electron chi connectivity index (χ0n) is 7.99. The number of anilines is 1. The van der Waals surface area contributed by atoms with Crippen molar-refractivity contribution in [1.82, 2.24) is 10.2 Å². The first kappa shape index (κ1) is 10.8. The molecule has 1 aromatic rings. The van der Waals surface area contributed by atoms with Crippen LogP contribution in [0.2, 0.25) is 0 Å². The van der Waals surface area contributed by atoms with Gasteiger partial charge in [0.2, 0.25) is 5.13 Å². The fraction of sp³-hybridized carbons (Fsp3) is 0.750. The molecular formula is C8H15N3S2. The van der Waals surface area contributed by atoms with Crippen LogP contribution in [0.3, 0.4) is 0 Å². The minimum atomic E-state index is 0.561. The fourth-order valence-corrected chi connectivity index (χ4v) is 2.60. The Kier molecular flexibility index (Phi) is 4.52. The van der Waals surface area contributed by atoms with Crippen molar-refractivity contribution in [3.8, 4) is 0 Å². The van der Waals surface area contributed by atoms with Crippen molar-refractivity contribution in [3.63, 3.8) is 0 Å². The average Bonchev–Trinajstić information content (AvgIpc) is 2.45. The molecule has 0 aliphatic rings. The Hall–Kier alpha value is -0.290. The normalized spacial score (nSPS) is 11.0. The molecule has 0 spiro atoms. The Balaban J connectivity index is 2.13. The summed E-state index contributed by atoms with van der Waals surface area (Å²) in [6.45, 7) is 4.49. The first-order valence-electron chi connectivity index (χ1n) is 4.40. The summed E-state index contributed by atoms with van der Waals surface area (Å²) in [5, 5.41) is 8.26. The van der Waals surface area contributed by atoms with Crippen LogP contribution in [0.1, 0.15) is 26.7 Å². The molecule has 0 aliphatic heterocycles. The van der Waals surface area contributed by atoms with E-state index in [1.54, 1.807) is 11.8 Å². The first-order chi connectivity index (χ1) is 6.18. The number of nitrogen functional groups attached to an aromatic ring is 1. The van der Waals surface area contributed by atoms with Gasteiger partial charge in [-0.3, -0.25) is 0 Å². The fourth-order valence-electron chi connectivity index (χ4n) is 0.930. The van der Waals surface area contributed by atoms with Gasteiger partial charge in [-0.25, -0.2) is 0 Å². The van der Waals surface area contributed by atoms with Gasteiger partial charge in [-0.15, -0.1) is 10.2 Å². The number of thioether (sulfide) groups is 1. The van der Waals surface area contributed by atoms with E-state index >= 15 is 0 Å². The highest BCUT2D eigenvalue weighted by Gasteiger charge is 2.01. The third-order valence-corrected chi connectivity index (χ3v) is 3.55. The predicted molar refractivity (Wildman–Crippen MR) is 59.1 cm³/mol. The van der Waals surface area contributed by atoms with Gasteiger partial charge in [0.15, 0.2) is 4.34 Å². The molecule has 0 saturated carbocycles. The predicted octanol–water partition coefficient (Wildman–Crippen LogP) is 2.65. The molecular weight excluding hydrogens is 202 g/mol. The Labute approximate surface area is 87.1 Å². The smallest absolute Gasteiger partial charge is 0.203 e. The molecule has 3 nitrogen and oxygen atoms in total. The van der Waals surface area contributed by atoms with Crippen LogP contribution in [0, 0.1) is 5.92 Å². The van der Waals surface area contributed by atoms with Crippen molar-refractivity contribution in [2.24, 2.45) is 5.92 Å². The Morgan fingerprint density at radius 1 is 1.46 bits per heavy atom. The van der Waals surface area contributed by atoms with Gasteiger partial charge in [0.25, 0.3) is 0 Å². The zero-order chi connectivity index (χ0) is 9.68. The number of nitrogens with zero attached hydrogens (tertiary/aromatic N) is 2. The number of nitrogens with two attached hydrogens (primary N) is 1. The van der Waals surface area contributed by atoms with Crippen molar-refractivity contribution in [1.29, 1.82) is 0 Å². The lowest BCUT2D eigenvalue weighted by molar-refractivity contribution is 0.579. The van der Waals surface area contributed by atoms with Crippen molar-refractivity contribution in [2.45, 2.75) is 31.0 Å². The van der Waals surface area contributed by atoms with Crippen molar-refractivity contribution in [3.05, 3.63) is 0 Å². The van der Waals surface area contributed by atoms with Crippen LogP contribution in [-0.4, -0.2) is 16.0 Å². The summed E-state index contributed by atoms with van der Waals surface area (Å²) >= 11 is 3.21. The van der Waals surface area contributed by atoms with Gasteiger partial charge in [0.1, 0.15) is 0 Å². The van der Waals surface area contributed by atoms with E-state index < -0.39 is 0 Å². The number of rotatable bonds is 5. The molecule has 1 aromatic heterocycles. The second kappa shape index (κ2) is 5.44. The lowest BCUT2D eigenvalue weighted by Crippen LogP contribution is -1.88. The largest absolute Gasteiger partial charge is 0.374 e. The summed E-state index contributed by atoms with van der Waals surface area (Å²) < 4.78 is 0.987. The van der Waals surface area contributed by atoms with Crippen LogP contribution >= 0.6 is 23.1 Å². The molecule has 5 heteroatoms. The Bertz CT molecular complexity index is 247. The highest BCUT2D eigenvalue weighted by atomic mass is 32.2. The first-order valence-corrected chi connectivity index (χ1v) is 6.20. The lowest BCUT2D eigenvalue weighted by atomic mass is 10.1. The standard InChI is InChI=1S/C8H15N3S2/c1-6(2)4-3-5-12-8-11-10-7(9)13-8/h6H,3-5H2,1-2H3,(H2,9,10). The van der Waals surface area contributed by atoms with Gasteiger partial charge >= 0.3 is 0 Å². The van der Waals surface area contributed by atoms with Crippen molar-refractivity contribution >= 4 is 28.2 Å². The zero-order valence-corrected chi connectivity index (χ0v) is 9.62. The van der Waals surface area contributed by atoms with E-state index in [0.29, 0.717) is 5.13 Å². The van der Waals surface area contributed by atoms with Gasteiger partial charge in [0, 0.05) is 5.75 Å². The molecule has 0 saturated heterocycles. The van der Waals surface area contributed by atoms with Gasteiger partial charge in [-0.1, -0.05) is 43.4 Å². The van der Waals surface area contributed by atoms with Crippen molar-refractivity contribution < 1.29 is 0 Å². The molecule has 13 heavy (non-hydrogen) atoms. The minimum absolute atomic E-state index is 0.561. The summed E-state index contributed by atoms with van der Waals surface area (Å²) in [5.74, 6) is 1.91. The average molecular weight is 217 g/mol. The Morgan fingerprint density at radius 2 is 2.23 bits per heavy atom. The number of aromatic nitrogens is 2. The number of hydrogen-bond acceptors (Lipinski definition) is 5. The molecule has 0 fully saturated rings. The second-order valence-electron chi connectivity index (χ2n) is 3.29. The summed E-state index contributed by atoms with van der Waals surface area (Å²) in [6, 6.07) is 0. The van der Waals surface area contributed by atoms with Crippen molar-refractivity contribution in [2.75, 3.05) is 11.5 Å². The highest BCUT2D eigenvalue weighted by Crippen LogP contribution is 2.24. The van der Waals surface area contributed by atoms with Crippen LogP contribution in [0.4, 0.5) is 5.13 Å². The molecule has 0 amide bonds. The van der Waals surface area contributed by atoms with E-state index in [1.165, 1.54) is 24.2 Å². The van der Waals surface area contributed by atoms with E-state index in [4.69, 9.17) is 5.73 Å². The van der Waals surface area contributed by atoms with Gasteiger partial charge < -0.3 is 5.73 Å². The maximum Gasteiger partial charge on any atom is 0.203 e. The molecule has 1 heterocycles. The molecule has 2 N–H and O–H groups in total. The quantitative estimate of drug-likeness (QED) is 0.608. The van der Waals surface area contributed by atoms with Gasteiger partial charge in [-0.05, 0) is 12.3 Å². The highest BCUT2D eigenvalue weighted by molar-refractivity contribution is 8.01. The van der Waals surface area contributed by atoms with Crippen LogP contribution in [-0.2, 0) is 0 Å². The number of hydrogen-bond donors (Lipinski definition) is 1. The van der Waals surface area contributed by atoms with Crippen LogP contribution in [0.25, 0.3) is 0 Å². The monoisotopic (exact) mass is 217 g/mol. The molecule has 0 unspecified atom stereocenters. The second-order valence-corrected chi connectivity index (χ2v) is 5.64. The lowest BCUT2D eigenvalue weighted by Gasteiger charge is -2.01. The molecule has 0 atom stereocenters. The van der Waals surface area contributed by atoms with Gasteiger partial charge in [0.05, 0.1) is 0 Å². The topological polar surface area (TPSA) is 51.8 Å². The third kappa shape index (κ3) is 4.47. The van der Waals surface area contributed by atoms with E-state index in [9.17, 15) is 0 Å². The molecule has 1 rings (SSSR count). The van der Waals surface area contributed by atoms with Crippen LogP contribution in [0.5, 0.6) is 0 Å². The third-order valence-electron chi connectivity index (χ3n) is 1.57. The van der Waals surface area contributed by atoms with E-state index in [2.05, 4.69) is 24.0 Å². The summed E-state index contributed by atoms with van der Waals surface area (Å²) in [6.07, 6.45) is 2.52. The van der Waals surface area contributed by atoms with Crippen LogP contribution < -0.4 is 5.73 Å². The molecule has 0 aromatic carbocycles. The maximum absolute atomic E-state index is 5.46.